The van der Waals surface area contributed by atoms with E-state index in [9.17, 15) is 4.79 Å². The van der Waals surface area contributed by atoms with Gasteiger partial charge in [0.15, 0.2) is 6.61 Å². The van der Waals surface area contributed by atoms with Crippen molar-refractivity contribution in [1.82, 2.24) is 14.8 Å². The Bertz CT molecular complexity index is 798. The van der Waals surface area contributed by atoms with E-state index < -0.39 is 0 Å². The number of hydrogen-bond donors (Lipinski definition) is 1. The van der Waals surface area contributed by atoms with Crippen molar-refractivity contribution >= 4 is 11.6 Å². The van der Waals surface area contributed by atoms with Crippen LogP contribution in [-0.4, -0.2) is 27.3 Å². The lowest BCUT2D eigenvalue weighted by atomic mass is 10.2. The van der Waals surface area contributed by atoms with E-state index in [2.05, 4.69) is 15.4 Å². The second kappa shape index (κ2) is 7.41. The number of carbonyl (C=O) groups excluding carboxylic acids is 1. The average Bonchev–Trinajstić information content (AvgIpc) is 3.09. The molecule has 6 nitrogen and oxygen atoms in total. The van der Waals surface area contributed by atoms with Gasteiger partial charge in [0.2, 0.25) is 0 Å². The topological polar surface area (TPSA) is 69.0 Å². The molecule has 0 saturated carbocycles. The SMILES string of the molecule is Cc1ccc(OCC(=O)Nc2ccccc2Cn2cncn2)cc1. The van der Waals surface area contributed by atoms with Crippen molar-refractivity contribution in [2.45, 2.75) is 13.5 Å². The molecule has 1 heterocycles. The molecule has 122 valence electrons. The number of hydrogen-bond acceptors (Lipinski definition) is 4. The standard InChI is InChI=1S/C18H18N4O2/c1-14-6-8-16(9-7-14)24-11-18(23)21-17-5-3-2-4-15(17)10-22-13-19-12-20-22/h2-9,12-13H,10-11H2,1H3,(H,21,23). The Hall–Kier alpha value is -3.15. The van der Waals surface area contributed by atoms with Crippen LogP contribution in [0, 0.1) is 6.92 Å². The summed E-state index contributed by atoms with van der Waals surface area (Å²) in [7, 11) is 0. The first kappa shape index (κ1) is 15.7. The predicted octanol–water partition coefficient (Wildman–Crippen LogP) is 2.65. The average molecular weight is 322 g/mol. The van der Waals surface area contributed by atoms with Gasteiger partial charge in [-0.3, -0.25) is 4.79 Å². The van der Waals surface area contributed by atoms with Crippen LogP contribution in [0.5, 0.6) is 5.75 Å². The monoisotopic (exact) mass is 322 g/mol. The van der Waals surface area contributed by atoms with Crippen molar-refractivity contribution in [1.29, 1.82) is 0 Å². The zero-order valence-electron chi connectivity index (χ0n) is 13.3. The van der Waals surface area contributed by atoms with E-state index in [-0.39, 0.29) is 12.5 Å². The van der Waals surface area contributed by atoms with Crippen LogP contribution < -0.4 is 10.1 Å². The first-order chi connectivity index (χ1) is 11.7. The maximum absolute atomic E-state index is 12.1. The maximum atomic E-state index is 12.1. The minimum atomic E-state index is -0.207. The van der Waals surface area contributed by atoms with E-state index in [4.69, 9.17) is 4.74 Å². The van der Waals surface area contributed by atoms with Crippen molar-refractivity contribution in [3.63, 3.8) is 0 Å². The predicted molar refractivity (Wildman–Crippen MR) is 90.9 cm³/mol. The van der Waals surface area contributed by atoms with Crippen LogP contribution in [0.1, 0.15) is 11.1 Å². The van der Waals surface area contributed by atoms with Crippen LogP contribution in [0.4, 0.5) is 5.69 Å². The lowest BCUT2D eigenvalue weighted by Gasteiger charge is -2.11. The second-order valence-corrected chi connectivity index (χ2v) is 5.40. The summed E-state index contributed by atoms with van der Waals surface area (Å²) in [4.78, 5) is 16.1. The van der Waals surface area contributed by atoms with Crippen LogP contribution in [0.3, 0.4) is 0 Å². The summed E-state index contributed by atoms with van der Waals surface area (Å²) in [5, 5.41) is 6.96. The molecule has 3 rings (SSSR count). The lowest BCUT2D eigenvalue weighted by molar-refractivity contribution is -0.118. The Morgan fingerprint density at radius 1 is 1.17 bits per heavy atom. The Morgan fingerprint density at radius 2 is 1.96 bits per heavy atom. The van der Waals surface area contributed by atoms with Gasteiger partial charge in [0.25, 0.3) is 5.91 Å². The smallest absolute Gasteiger partial charge is 0.262 e. The summed E-state index contributed by atoms with van der Waals surface area (Å²) in [5.74, 6) is 0.466. The molecule has 0 fully saturated rings. The van der Waals surface area contributed by atoms with Gasteiger partial charge in [0.05, 0.1) is 6.54 Å². The molecular weight excluding hydrogens is 304 g/mol. The van der Waals surface area contributed by atoms with Crippen LogP contribution in [0.15, 0.2) is 61.2 Å². The molecule has 1 N–H and O–H groups in total. The molecule has 3 aromatic rings. The molecule has 0 unspecified atom stereocenters. The number of rotatable bonds is 6. The Kier molecular flexibility index (Phi) is 4.86. The van der Waals surface area contributed by atoms with E-state index in [0.29, 0.717) is 12.3 Å². The third-order valence-electron chi connectivity index (χ3n) is 3.48. The molecule has 2 aromatic carbocycles. The van der Waals surface area contributed by atoms with Crippen molar-refractivity contribution in [2.75, 3.05) is 11.9 Å². The highest BCUT2D eigenvalue weighted by Gasteiger charge is 2.08. The number of anilines is 1. The molecule has 0 aliphatic rings. The van der Waals surface area contributed by atoms with Crippen LogP contribution >= 0.6 is 0 Å². The molecule has 6 heteroatoms. The van der Waals surface area contributed by atoms with Crippen molar-refractivity contribution in [3.05, 3.63) is 72.3 Å². The van der Waals surface area contributed by atoms with Crippen molar-refractivity contribution in [3.8, 4) is 5.75 Å². The van der Waals surface area contributed by atoms with E-state index in [0.717, 1.165) is 16.8 Å². The van der Waals surface area contributed by atoms with Crippen LogP contribution in [0.2, 0.25) is 0 Å². The fourth-order valence-corrected chi connectivity index (χ4v) is 2.24. The molecule has 1 aromatic heterocycles. The van der Waals surface area contributed by atoms with E-state index in [1.54, 1.807) is 11.0 Å². The molecule has 0 aliphatic carbocycles. The summed E-state index contributed by atoms with van der Waals surface area (Å²) < 4.78 is 7.20. The maximum Gasteiger partial charge on any atom is 0.262 e. The van der Waals surface area contributed by atoms with Gasteiger partial charge in [-0.1, -0.05) is 35.9 Å². The number of ether oxygens (including phenoxy) is 1. The third-order valence-corrected chi connectivity index (χ3v) is 3.48. The van der Waals surface area contributed by atoms with Gasteiger partial charge in [0.1, 0.15) is 18.4 Å². The van der Waals surface area contributed by atoms with Crippen LogP contribution in [0.25, 0.3) is 0 Å². The molecule has 0 saturated heterocycles. The van der Waals surface area contributed by atoms with E-state index >= 15 is 0 Å². The van der Waals surface area contributed by atoms with E-state index in [1.807, 2.05) is 55.5 Å². The Labute approximate surface area is 140 Å². The van der Waals surface area contributed by atoms with Gasteiger partial charge in [-0.05, 0) is 30.7 Å². The van der Waals surface area contributed by atoms with Crippen molar-refractivity contribution < 1.29 is 9.53 Å². The van der Waals surface area contributed by atoms with Crippen molar-refractivity contribution in [2.24, 2.45) is 0 Å². The summed E-state index contributed by atoms with van der Waals surface area (Å²) in [6, 6.07) is 15.2. The Balaban J connectivity index is 1.60. The number of nitrogens with one attached hydrogen (secondary N) is 1. The lowest BCUT2D eigenvalue weighted by Crippen LogP contribution is -2.21. The fourth-order valence-electron chi connectivity index (χ4n) is 2.24. The minimum absolute atomic E-state index is 0.0410. The molecule has 1 amide bonds. The highest BCUT2D eigenvalue weighted by molar-refractivity contribution is 5.92. The Morgan fingerprint density at radius 3 is 2.71 bits per heavy atom. The summed E-state index contributed by atoms with van der Waals surface area (Å²) >= 11 is 0. The van der Waals surface area contributed by atoms with Gasteiger partial charge in [-0.2, -0.15) is 5.10 Å². The summed E-state index contributed by atoms with van der Waals surface area (Å²) in [6.07, 6.45) is 3.12. The quantitative estimate of drug-likeness (QED) is 0.757. The number of benzene rings is 2. The largest absolute Gasteiger partial charge is 0.484 e. The van der Waals surface area contributed by atoms with E-state index in [1.165, 1.54) is 6.33 Å². The summed E-state index contributed by atoms with van der Waals surface area (Å²) in [5.41, 5.74) is 2.84. The van der Waals surface area contributed by atoms with Gasteiger partial charge in [-0.15, -0.1) is 0 Å². The minimum Gasteiger partial charge on any atom is -0.484 e. The molecule has 0 radical (unpaired) electrons. The van der Waals surface area contributed by atoms with Gasteiger partial charge in [0, 0.05) is 5.69 Å². The summed E-state index contributed by atoms with van der Waals surface area (Å²) in [6.45, 7) is 2.50. The molecular formula is C18H18N4O2. The number of amides is 1. The molecule has 0 bridgehead atoms. The van der Waals surface area contributed by atoms with Gasteiger partial charge < -0.3 is 10.1 Å². The highest BCUT2D eigenvalue weighted by atomic mass is 16.5. The number of aryl methyl sites for hydroxylation is 1. The first-order valence-corrected chi connectivity index (χ1v) is 7.60. The number of carbonyl (C=O) groups is 1. The molecule has 0 spiro atoms. The first-order valence-electron chi connectivity index (χ1n) is 7.60. The third kappa shape index (κ3) is 4.19. The number of aromatic nitrogens is 3. The molecule has 0 aliphatic heterocycles. The number of para-hydroxylation sites is 1. The normalized spacial score (nSPS) is 10.4. The highest BCUT2D eigenvalue weighted by Crippen LogP contribution is 2.16. The second-order valence-electron chi connectivity index (χ2n) is 5.40. The number of nitrogens with zero attached hydrogens (tertiary/aromatic N) is 3. The van der Waals surface area contributed by atoms with Gasteiger partial charge >= 0.3 is 0 Å². The van der Waals surface area contributed by atoms with Gasteiger partial charge in [-0.25, -0.2) is 9.67 Å². The fraction of sp³-hybridized carbons (Fsp3) is 0.167. The van der Waals surface area contributed by atoms with Crippen LogP contribution in [-0.2, 0) is 11.3 Å². The molecule has 24 heavy (non-hydrogen) atoms. The zero-order valence-corrected chi connectivity index (χ0v) is 13.3. The molecule has 0 atom stereocenters. The zero-order chi connectivity index (χ0) is 16.8.